The summed E-state index contributed by atoms with van der Waals surface area (Å²) in [6.45, 7) is 4.67. The first kappa shape index (κ1) is 17.4. The van der Waals surface area contributed by atoms with Crippen molar-refractivity contribution in [1.29, 1.82) is 0 Å². The van der Waals surface area contributed by atoms with Crippen LogP contribution >= 0.6 is 11.6 Å². The number of halogens is 1. The van der Waals surface area contributed by atoms with Crippen molar-refractivity contribution in [3.05, 3.63) is 22.7 Å². The number of carboxylic acids is 1. The molecule has 0 bridgehead atoms. The van der Waals surface area contributed by atoms with Crippen LogP contribution in [0.25, 0.3) is 0 Å². The smallest absolute Gasteiger partial charge is 0.326 e. The predicted octanol–water partition coefficient (Wildman–Crippen LogP) is 2.27. The van der Waals surface area contributed by atoms with Crippen LogP contribution in [0.4, 0.5) is 0 Å². The molecule has 1 heterocycles. The Bertz CT molecular complexity index is 602. The average Bonchev–Trinajstić information content (AvgIpc) is 2.46. The van der Waals surface area contributed by atoms with Gasteiger partial charge in [0.15, 0.2) is 11.5 Å². The topological polar surface area (TPSA) is 84.9 Å². The molecule has 7 heteroatoms. The second-order valence-electron chi connectivity index (χ2n) is 5.87. The molecule has 1 aliphatic heterocycles. The van der Waals surface area contributed by atoms with Crippen LogP contribution in [0.3, 0.4) is 0 Å². The molecule has 23 heavy (non-hydrogen) atoms. The summed E-state index contributed by atoms with van der Waals surface area (Å²) >= 11 is 6.12. The number of rotatable bonds is 6. The lowest BCUT2D eigenvalue weighted by atomic mass is 10.0. The van der Waals surface area contributed by atoms with Crippen molar-refractivity contribution >= 4 is 23.5 Å². The van der Waals surface area contributed by atoms with Gasteiger partial charge in [-0.1, -0.05) is 25.4 Å². The minimum atomic E-state index is -1.03. The number of aliphatic carboxylic acids is 1. The molecule has 1 aromatic rings. The summed E-state index contributed by atoms with van der Waals surface area (Å²) in [6.07, 6.45) is 0.404. The highest BCUT2D eigenvalue weighted by atomic mass is 35.5. The predicted molar refractivity (Wildman–Crippen MR) is 85.2 cm³/mol. The van der Waals surface area contributed by atoms with Gasteiger partial charge in [-0.2, -0.15) is 0 Å². The molecule has 0 aliphatic carbocycles. The molecule has 1 aliphatic rings. The fourth-order valence-electron chi connectivity index (χ4n) is 2.39. The molecule has 126 valence electrons. The van der Waals surface area contributed by atoms with Gasteiger partial charge in [0.2, 0.25) is 5.91 Å². The van der Waals surface area contributed by atoms with E-state index in [0.717, 1.165) is 0 Å². The monoisotopic (exact) mass is 341 g/mol. The van der Waals surface area contributed by atoms with Gasteiger partial charge in [-0.3, -0.25) is 4.79 Å². The van der Waals surface area contributed by atoms with Crippen LogP contribution in [0.5, 0.6) is 11.5 Å². The highest BCUT2D eigenvalue weighted by Crippen LogP contribution is 2.38. The molecule has 2 rings (SSSR count). The number of amides is 1. The minimum absolute atomic E-state index is 0.0260. The summed E-state index contributed by atoms with van der Waals surface area (Å²) in [5.41, 5.74) is 0.644. The molecule has 1 aromatic carbocycles. The van der Waals surface area contributed by atoms with Crippen LogP contribution in [0, 0.1) is 5.92 Å². The lowest BCUT2D eigenvalue weighted by Gasteiger charge is -2.20. The van der Waals surface area contributed by atoms with E-state index in [1.54, 1.807) is 12.1 Å². The zero-order chi connectivity index (χ0) is 17.0. The van der Waals surface area contributed by atoms with Gasteiger partial charge in [0.1, 0.15) is 19.3 Å². The van der Waals surface area contributed by atoms with E-state index in [1.165, 1.54) is 0 Å². The third kappa shape index (κ3) is 4.76. The zero-order valence-corrected chi connectivity index (χ0v) is 13.9. The quantitative estimate of drug-likeness (QED) is 0.829. The van der Waals surface area contributed by atoms with Gasteiger partial charge < -0.3 is 19.9 Å². The van der Waals surface area contributed by atoms with Crippen LogP contribution in [0.2, 0.25) is 5.02 Å². The van der Waals surface area contributed by atoms with Crippen molar-refractivity contribution in [3.63, 3.8) is 0 Å². The van der Waals surface area contributed by atoms with Gasteiger partial charge in [-0.15, -0.1) is 0 Å². The lowest BCUT2D eigenvalue weighted by Crippen LogP contribution is -2.42. The maximum Gasteiger partial charge on any atom is 0.326 e. The average molecular weight is 342 g/mol. The Morgan fingerprint density at radius 2 is 2.00 bits per heavy atom. The largest absolute Gasteiger partial charge is 0.486 e. The van der Waals surface area contributed by atoms with E-state index >= 15 is 0 Å². The molecule has 1 atom stereocenters. The molecule has 0 aromatic heterocycles. The van der Waals surface area contributed by atoms with Crippen LogP contribution in [-0.2, 0) is 16.0 Å². The number of hydrogen-bond acceptors (Lipinski definition) is 4. The van der Waals surface area contributed by atoms with E-state index in [2.05, 4.69) is 5.32 Å². The van der Waals surface area contributed by atoms with E-state index in [1.807, 2.05) is 13.8 Å². The summed E-state index contributed by atoms with van der Waals surface area (Å²) < 4.78 is 10.9. The molecule has 6 nitrogen and oxygen atoms in total. The van der Waals surface area contributed by atoms with Gasteiger partial charge in [-0.05, 0) is 30.0 Å². The number of carbonyl (C=O) groups excluding carboxylic acids is 1. The van der Waals surface area contributed by atoms with Gasteiger partial charge in [0.25, 0.3) is 0 Å². The Morgan fingerprint density at radius 3 is 2.65 bits per heavy atom. The van der Waals surface area contributed by atoms with Crippen molar-refractivity contribution in [2.24, 2.45) is 5.92 Å². The molecule has 0 spiro atoms. The number of ether oxygens (including phenoxy) is 2. The van der Waals surface area contributed by atoms with Gasteiger partial charge in [0, 0.05) is 0 Å². The maximum atomic E-state index is 12.1. The van der Waals surface area contributed by atoms with Gasteiger partial charge >= 0.3 is 5.97 Å². The molecule has 0 fully saturated rings. The highest BCUT2D eigenvalue weighted by molar-refractivity contribution is 6.32. The SMILES string of the molecule is CC(C)C[C@H](NC(=O)Cc1cc(Cl)c2c(c1)OCCO2)C(=O)O. The summed E-state index contributed by atoms with van der Waals surface area (Å²) in [7, 11) is 0. The molecule has 0 radical (unpaired) electrons. The zero-order valence-electron chi connectivity index (χ0n) is 13.1. The summed E-state index contributed by atoms with van der Waals surface area (Å²) in [5, 5.41) is 12.1. The first-order chi connectivity index (χ1) is 10.9. The Labute approximate surface area is 139 Å². The lowest BCUT2D eigenvalue weighted by molar-refractivity contribution is -0.142. The second-order valence-corrected chi connectivity index (χ2v) is 6.27. The number of carbonyl (C=O) groups is 2. The number of nitrogens with one attached hydrogen (secondary N) is 1. The number of fused-ring (bicyclic) bond motifs is 1. The Kier molecular flexibility index (Phi) is 5.71. The van der Waals surface area contributed by atoms with Crippen LogP contribution in [0.1, 0.15) is 25.8 Å². The normalized spacial score (nSPS) is 14.4. The maximum absolute atomic E-state index is 12.1. The van der Waals surface area contributed by atoms with E-state index < -0.39 is 12.0 Å². The summed E-state index contributed by atoms with van der Waals surface area (Å²) in [5.74, 6) is -0.257. The van der Waals surface area contributed by atoms with Crippen LogP contribution in [0.15, 0.2) is 12.1 Å². The Morgan fingerprint density at radius 1 is 1.30 bits per heavy atom. The minimum Gasteiger partial charge on any atom is -0.486 e. The van der Waals surface area contributed by atoms with Crippen molar-refractivity contribution in [2.75, 3.05) is 13.2 Å². The Balaban J connectivity index is 2.05. The third-order valence-electron chi connectivity index (χ3n) is 3.36. The fraction of sp³-hybridized carbons (Fsp3) is 0.500. The number of carboxylic acid groups (broad SMARTS) is 1. The van der Waals surface area contributed by atoms with Crippen molar-refractivity contribution < 1.29 is 24.2 Å². The van der Waals surface area contributed by atoms with Crippen molar-refractivity contribution in [3.8, 4) is 11.5 Å². The van der Waals surface area contributed by atoms with E-state index in [0.29, 0.717) is 41.7 Å². The van der Waals surface area contributed by atoms with Gasteiger partial charge in [0.05, 0.1) is 11.4 Å². The molecular weight excluding hydrogens is 322 g/mol. The molecule has 1 amide bonds. The van der Waals surface area contributed by atoms with Crippen molar-refractivity contribution in [2.45, 2.75) is 32.7 Å². The second kappa shape index (κ2) is 7.55. The highest BCUT2D eigenvalue weighted by Gasteiger charge is 2.22. The number of hydrogen-bond donors (Lipinski definition) is 2. The van der Waals surface area contributed by atoms with E-state index in [4.69, 9.17) is 26.2 Å². The molecule has 0 saturated heterocycles. The summed E-state index contributed by atoms with van der Waals surface area (Å²) in [4.78, 5) is 23.3. The van der Waals surface area contributed by atoms with Crippen LogP contribution in [-0.4, -0.2) is 36.2 Å². The fourth-order valence-corrected chi connectivity index (χ4v) is 2.68. The molecule has 0 unspecified atom stereocenters. The molecule has 2 N–H and O–H groups in total. The summed E-state index contributed by atoms with van der Waals surface area (Å²) in [6, 6.07) is 2.43. The first-order valence-electron chi connectivity index (χ1n) is 7.47. The van der Waals surface area contributed by atoms with E-state index in [-0.39, 0.29) is 18.2 Å². The van der Waals surface area contributed by atoms with Crippen molar-refractivity contribution in [1.82, 2.24) is 5.32 Å². The van der Waals surface area contributed by atoms with E-state index in [9.17, 15) is 9.59 Å². The standard InChI is InChI=1S/C16H20ClNO5/c1-9(2)5-12(16(20)21)18-14(19)8-10-6-11(17)15-13(7-10)22-3-4-23-15/h6-7,9,12H,3-5,8H2,1-2H3,(H,18,19)(H,20,21)/t12-/m0/s1. The Hall–Kier alpha value is -1.95. The van der Waals surface area contributed by atoms with Gasteiger partial charge in [-0.25, -0.2) is 4.79 Å². The molecular formula is C16H20ClNO5. The van der Waals surface area contributed by atoms with Crippen LogP contribution < -0.4 is 14.8 Å². The third-order valence-corrected chi connectivity index (χ3v) is 3.64. The number of benzene rings is 1. The first-order valence-corrected chi connectivity index (χ1v) is 7.84. The molecule has 0 saturated carbocycles.